The summed E-state index contributed by atoms with van der Waals surface area (Å²) in [7, 11) is 0. The van der Waals surface area contributed by atoms with E-state index in [1.807, 2.05) is 36.4 Å². The monoisotopic (exact) mass is 433 g/mol. The minimum absolute atomic E-state index is 0. The molecule has 0 aliphatic carbocycles. The average Bonchev–Trinajstić information content (AvgIpc) is 2.70. The summed E-state index contributed by atoms with van der Waals surface area (Å²) in [5, 5.41) is 9.83. The van der Waals surface area contributed by atoms with Crippen LogP contribution in [-0.2, 0) is 9.53 Å². The fraction of sp³-hybridized carbons (Fsp3) is 0.261. The lowest BCUT2D eigenvalue weighted by atomic mass is 9.95. The number of nitrogens with zero attached hydrogens (tertiary/aromatic N) is 1. The Balaban J connectivity index is 0.00000300. The Morgan fingerprint density at radius 3 is 2.55 bits per heavy atom. The maximum atomic E-state index is 11.1. The normalized spacial score (nSPS) is 14.7. The van der Waals surface area contributed by atoms with Gasteiger partial charge in [-0.3, -0.25) is 4.90 Å². The second-order valence-electron chi connectivity index (χ2n) is 6.80. The summed E-state index contributed by atoms with van der Waals surface area (Å²) in [6.45, 7) is 4.52. The summed E-state index contributed by atoms with van der Waals surface area (Å²) in [5.74, 6) is -0.842. The van der Waals surface area contributed by atoms with E-state index in [0.29, 0.717) is 30.3 Å². The lowest BCUT2D eigenvalue weighted by molar-refractivity contribution is -0.133. The van der Waals surface area contributed by atoms with Crippen LogP contribution in [0.3, 0.4) is 0 Å². The number of aliphatic carboxylic acids is 1. The molecule has 2 aromatic carbocycles. The quantitative estimate of drug-likeness (QED) is 0.481. The molecule has 1 aliphatic heterocycles. The fourth-order valence-corrected chi connectivity index (χ4v) is 3.54. The number of carboxylic acid groups (broad SMARTS) is 1. The predicted molar refractivity (Wildman–Crippen MR) is 120 cm³/mol. The lowest BCUT2D eigenvalue weighted by Gasteiger charge is -2.25. The van der Waals surface area contributed by atoms with E-state index in [0.717, 1.165) is 35.2 Å². The van der Waals surface area contributed by atoms with E-state index < -0.39 is 5.97 Å². The molecule has 0 atom stereocenters. The van der Waals surface area contributed by atoms with Crippen molar-refractivity contribution >= 4 is 35.6 Å². The molecule has 154 valence electrons. The number of hydrogen-bond acceptors (Lipinski definition) is 3. The van der Waals surface area contributed by atoms with Gasteiger partial charge in [0.05, 0.1) is 6.26 Å². The Bertz CT molecular complexity index is 861. The smallest absolute Gasteiger partial charge is 0.332 e. The summed E-state index contributed by atoms with van der Waals surface area (Å²) < 4.78 is 5.88. The van der Waals surface area contributed by atoms with E-state index in [4.69, 9.17) is 21.4 Å². The maximum absolute atomic E-state index is 11.1. The van der Waals surface area contributed by atoms with Gasteiger partial charge >= 0.3 is 5.97 Å². The molecule has 0 fully saturated rings. The van der Waals surface area contributed by atoms with Crippen molar-refractivity contribution in [1.29, 1.82) is 0 Å². The topological polar surface area (TPSA) is 49.8 Å². The molecular weight excluding hydrogens is 409 g/mol. The third-order valence-corrected chi connectivity index (χ3v) is 5.16. The van der Waals surface area contributed by atoms with Gasteiger partial charge in [-0.25, -0.2) is 4.79 Å². The van der Waals surface area contributed by atoms with Gasteiger partial charge in [0.15, 0.2) is 0 Å². The van der Waals surface area contributed by atoms with E-state index in [2.05, 4.69) is 24.0 Å². The van der Waals surface area contributed by atoms with Crippen molar-refractivity contribution in [2.24, 2.45) is 0 Å². The third-order valence-electron chi connectivity index (χ3n) is 4.83. The van der Waals surface area contributed by atoms with Crippen molar-refractivity contribution in [3.05, 3.63) is 88.2 Å². The van der Waals surface area contributed by atoms with Crippen molar-refractivity contribution in [2.45, 2.75) is 13.3 Å². The van der Waals surface area contributed by atoms with Crippen LogP contribution in [0.25, 0.3) is 5.57 Å². The number of carbonyl (C=O) groups is 1. The second-order valence-corrected chi connectivity index (χ2v) is 7.20. The van der Waals surface area contributed by atoms with Gasteiger partial charge in [-0.15, -0.1) is 12.4 Å². The minimum atomic E-state index is -0.842. The summed E-state index contributed by atoms with van der Waals surface area (Å²) in [4.78, 5) is 13.2. The first-order valence-electron chi connectivity index (χ1n) is 9.33. The highest BCUT2D eigenvalue weighted by Gasteiger charge is 2.17. The van der Waals surface area contributed by atoms with Crippen LogP contribution in [0.1, 0.15) is 23.1 Å². The molecule has 0 unspecified atom stereocenters. The zero-order valence-electron chi connectivity index (χ0n) is 16.3. The Hall–Kier alpha value is -2.27. The Labute approximate surface area is 182 Å². The first-order valence-corrected chi connectivity index (χ1v) is 9.71. The number of ether oxygens (including phenoxy) is 1. The molecule has 0 amide bonds. The summed E-state index contributed by atoms with van der Waals surface area (Å²) in [6.07, 6.45) is 4.32. The summed E-state index contributed by atoms with van der Waals surface area (Å²) in [5.41, 5.74) is 4.54. The molecule has 0 saturated carbocycles. The maximum Gasteiger partial charge on any atom is 0.332 e. The van der Waals surface area contributed by atoms with Crippen LogP contribution in [0, 0.1) is 6.92 Å². The Kier molecular flexibility index (Phi) is 8.77. The number of hydrogen-bond donors (Lipinski definition) is 1. The van der Waals surface area contributed by atoms with Gasteiger partial charge in [-0.1, -0.05) is 60.1 Å². The van der Waals surface area contributed by atoms with E-state index in [1.165, 1.54) is 0 Å². The van der Waals surface area contributed by atoms with Gasteiger partial charge in [-0.05, 0) is 30.5 Å². The van der Waals surface area contributed by atoms with E-state index >= 15 is 0 Å². The van der Waals surface area contributed by atoms with Gasteiger partial charge in [0, 0.05) is 41.4 Å². The van der Waals surface area contributed by atoms with Crippen molar-refractivity contribution in [2.75, 3.05) is 26.2 Å². The van der Waals surface area contributed by atoms with E-state index in [1.54, 1.807) is 12.3 Å². The minimum Gasteiger partial charge on any atom is -0.499 e. The Morgan fingerprint density at radius 1 is 1.17 bits per heavy atom. The van der Waals surface area contributed by atoms with Gasteiger partial charge in [-0.2, -0.15) is 0 Å². The fourth-order valence-electron chi connectivity index (χ4n) is 3.30. The van der Waals surface area contributed by atoms with Crippen molar-refractivity contribution in [3.8, 4) is 0 Å². The average molecular weight is 434 g/mol. The summed E-state index contributed by atoms with van der Waals surface area (Å²) in [6, 6.07) is 15.9. The van der Waals surface area contributed by atoms with Crippen LogP contribution in [0.4, 0.5) is 0 Å². The van der Waals surface area contributed by atoms with E-state index in [-0.39, 0.29) is 12.4 Å². The number of halogens is 2. The molecule has 0 saturated heterocycles. The lowest BCUT2D eigenvalue weighted by Crippen LogP contribution is -2.34. The number of benzene rings is 2. The molecule has 0 aromatic heterocycles. The molecule has 4 nitrogen and oxygen atoms in total. The van der Waals surface area contributed by atoms with Crippen LogP contribution in [0.2, 0.25) is 5.02 Å². The highest BCUT2D eigenvalue weighted by molar-refractivity contribution is 6.32. The van der Waals surface area contributed by atoms with Gasteiger partial charge in [0.2, 0.25) is 0 Å². The second kappa shape index (κ2) is 11.1. The van der Waals surface area contributed by atoms with Crippen LogP contribution >= 0.6 is 24.0 Å². The molecule has 1 heterocycles. The van der Waals surface area contributed by atoms with Crippen molar-refractivity contribution in [3.63, 3.8) is 0 Å². The molecule has 29 heavy (non-hydrogen) atoms. The van der Waals surface area contributed by atoms with Crippen LogP contribution in [0.5, 0.6) is 0 Å². The molecule has 0 bridgehead atoms. The zero-order chi connectivity index (χ0) is 19.9. The van der Waals surface area contributed by atoms with Gasteiger partial charge in [0.25, 0.3) is 0 Å². The van der Waals surface area contributed by atoms with Gasteiger partial charge in [0.1, 0.15) is 6.61 Å². The van der Waals surface area contributed by atoms with E-state index in [9.17, 15) is 4.79 Å². The highest BCUT2D eigenvalue weighted by atomic mass is 35.5. The predicted octanol–water partition coefficient (Wildman–Crippen LogP) is 5.19. The molecule has 1 aliphatic rings. The van der Waals surface area contributed by atoms with Crippen LogP contribution in [0.15, 0.2) is 66.4 Å². The third kappa shape index (κ3) is 6.10. The molecule has 6 heteroatoms. The number of rotatable bonds is 7. The zero-order valence-corrected chi connectivity index (χ0v) is 17.9. The van der Waals surface area contributed by atoms with Crippen LogP contribution < -0.4 is 0 Å². The molecule has 3 rings (SSSR count). The molecule has 1 N–H and O–H groups in total. The molecular formula is C23H25Cl2NO3. The van der Waals surface area contributed by atoms with Crippen LogP contribution in [-0.4, -0.2) is 42.2 Å². The largest absolute Gasteiger partial charge is 0.499 e. The van der Waals surface area contributed by atoms with Crippen molar-refractivity contribution in [1.82, 2.24) is 4.90 Å². The Morgan fingerprint density at radius 2 is 1.86 bits per heavy atom. The SMILES string of the molecule is Cc1ccccc1C(=COCCN1CCC=C(C(=O)O)C1)c1ccccc1Cl.Cl. The first kappa shape index (κ1) is 23.0. The molecule has 2 aromatic rings. The first-order chi connectivity index (χ1) is 13.6. The number of aryl methyl sites for hydroxylation is 1. The number of carboxylic acids is 1. The summed E-state index contributed by atoms with van der Waals surface area (Å²) >= 11 is 6.44. The molecule has 0 radical (unpaired) electrons. The van der Waals surface area contributed by atoms with Crippen molar-refractivity contribution < 1.29 is 14.6 Å². The van der Waals surface area contributed by atoms with Gasteiger partial charge < -0.3 is 9.84 Å². The standard InChI is InChI=1S/C23H24ClNO3.ClH/c1-17-7-2-3-9-19(17)21(20-10-4-5-11-22(20)24)16-28-14-13-25-12-6-8-18(15-25)23(26)27;/h2-5,7-11,16H,6,12-15H2,1H3,(H,26,27);1H. The highest BCUT2D eigenvalue weighted by Crippen LogP contribution is 2.31. The molecule has 0 spiro atoms.